The number of ether oxygens (including phenoxy) is 3. The minimum atomic E-state index is -0.489. The van der Waals surface area contributed by atoms with Crippen molar-refractivity contribution >= 4 is 50.9 Å². The molecule has 0 spiro atoms. The minimum Gasteiger partial charge on any atom is -0.491 e. The van der Waals surface area contributed by atoms with Gasteiger partial charge in [0.2, 0.25) is 0 Å². The highest BCUT2D eigenvalue weighted by molar-refractivity contribution is 9.10. The number of hydrogen-bond acceptors (Lipinski definition) is 7. The second-order valence-electron chi connectivity index (χ2n) is 7.93. The molecular formula is C25H26BrNO6S. The fourth-order valence-corrected chi connectivity index (χ4v) is 4.63. The van der Waals surface area contributed by atoms with Crippen molar-refractivity contribution in [2.45, 2.75) is 26.7 Å². The first-order chi connectivity index (χ1) is 16.2. The Labute approximate surface area is 211 Å². The number of thioether (sulfide) groups is 1. The zero-order chi connectivity index (χ0) is 24.8. The van der Waals surface area contributed by atoms with E-state index in [1.165, 1.54) is 12.0 Å². The van der Waals surface area contributed by atoms with Crippen molar-refractivity contribution in [1.29, 1.82) is 0 Å². The fraction of sp³-hybridized carbons (Fsp3) is 0.320. The van der Waals surface area contributed by atoms with E-state index in [4.69, 9.17) is 9.47 Å². The summed E-state index contributed by atoms with van der Waals surface area (Å²) in [6, 6.07) is 11.2. The molecule has 0 saturated carbocycles. The van der Waals surface area contributed by atoms with Gasteiger partial charge in [-0.1, -0.05) is 32.0 Å². The van der Waals surface area contributed by atoms with Crippen LogP contribution in [-0.2, 0) is 14.3 Å². The Bertz CT molecular complexity index is 1130. The predicted octanol–water partition coefficient (Wildman–Crippen LogP) is 5.55. The Balaban J connectivity index is 1.64. The van der Waals surface area contributed by atoms with Gasteiger partial charge in [0.25, 0.3) is 11.1 Å². The number of esters is 1. The zero-order valence-corrected chi connectivity index (χ0v) is 21.8. The van der Waals surface area contributed by atoms with Crippen LogP contribution in [0.25, 0.3) is 6.08 Å². The van der Waals surface area contributed by atoms with Crippen molar-refractivity contribution in [3.63, 3.8) is 0 Å². The van der Waals surface area contributed by atoms with Crippen molar-refractivity contribution in [2.75, 3.05) is 26.9 Å². The number of imide groups is 1. The topological polar surface area (TPSA) is 82.1 Å². The van der Waals surface area contributed by atoms with Crippen LogP contribution < -0.4 is 9.47 Å². The van der Waals surface area contributed by atoms with E-state index < -0.39 is 5.97 Å². The zero-order valence-electron chi connectivity index (χ0n) is 19.4. The molecular weight excluding hydrogens is 522 g/mol. The molecule has 7 nitrogen and oxygen atoms in total. The summed E-state index contributed by atoms with van der Waals surface area (Å²) < 4.78 is 16.5. The molecule has 0 bridgehead atoms. The number of nitrogens with zero attached hydrogens (tertiary/aromatic N) is 1. The van der Waals surface area contributed by atoms with E-state index in [0.717, 1.165) is 28.6 Å². The Kier molecular flexibility index (Phi) is 8.79. The standard InChI is InChI=1S/C25H26BrNO6S/c1-15(2)18-7-5-16(3)11-21(18)32-10-9-27-24(29)22(34-25(27)30)13-17-6-8-20(19(26)12-17)33-14-23(28)31-4/h5-8,11-13,15H,9-10,14H2,1-4H3/b22-13-. The highest BCUT2D eigenvalue weighted by Crippen LogP contribution is 2.34. The summed E-state index contributed by atoms with van der Waals surface area (Å²) in [5.74, 6) is 0.694. The maximum atomic E-state index is 12.8. The number of carbonyl (C=O) groups is 3. The average molecular weight is 548 g/mol. The summed E-state index contributed by atoms with van der Waals surface area (Å²) >= 11 is 4.29. The molecule has 1 aliphatic rings. The molecule has 0 radical (unpaired) electrons. The van der Waals surface area contributed by atoms with Crippen LogP contribution >= 0.6 is 27.7 Å². The molecule has 2 amide bonds. The summed E-state index contributed by atoms with van der Waals surface area (Å²) in [7, 11) is 1.29. The van der Waals surface area contributed by atoms with E-state index in [1.807, 2.05) is 25.1 Å². The molecule has 1 heterocycles. The molecule has 0 unspecified atom stereocenters. The lowest BCUT2D eigenvalue weighted by molar-refractivity contribution is -0.142. The molecule has 1 aliphatic heterocycles. The van der Waals surface area contributed by atoms with Crippen molar-refractivity contribution in [3.05, 3.63) is 62.5 Å². The van der Waals surface area contributed by atoms with E-state index in [-0.39, 0.29) is 30.9 Å². The minimum absolute atomic E-state index is 0.164. The summed E-state index contributed by atoms with van der Waals surface area (Å²) in [5, 5.41) is -0.328. The third-order valence-corrected chi connectivity index (χ3v) is 6.59. The number of aryl methyl sites for hydroxylation is 1. The van der Waals surface area contributed by atoms with Gasteiger partial charge in [0, 0.05) is 0 Å². The summed E-state index contributed by atoms with van der Waals surface area (Å²) in [4.78, 5) is 38.1. The third kappa shape index (κ3) is 6.42. The lowest BCUT2D eigenvalue weighted by Gasteiger charge is -2.17. The molecule has 2 aromatic carbocycles. The first kappa shape index (κ1) is 25.8. The fourth-order valence-electron chi connectivity index (χ4n) is 3.25. The van der Waals surface area contributed by atoms with Crippen LogP contribution in [0.5, 0.6) is 11.5 Å². The molecule has 3 rings (SSSR count). The van der Waals surface area contributed by atoms with E-state index in [1.54, 1.807) is 24.3 Å². The lowest BCUT2D eigenvalue weighted by Crippen LogP contribution is -2.32. The second-order valence-corrected chi connectivity index (χ2v) is 9.78. The van der Waals surface area contributed by atoms with E-state index in [2.05, 4.69) is 34.5 Å². The van der Waals surface area contributed by atoms with Gasteiger partial charge >= 0.3 is 5.97 Å². The number of rotatable bonds is 9. The molecule has 9 heteroatoms. The van der Waals surface area contributed by atoms with Gasteiger partial charge < -0.3 is 14.2 Å². The SMILES string of the molecule is COC(=O)COc1ccc(/C=C2\SC(=O)N(CCOc3cc(C)ccc3C(C)C)C2=O)cc1Br. The Morgan fingerprint density at radius 3 is 2.56 bits per heavy atom. The predicted molar refractivity (Wildman–Crippen MR) is 135 cm³/mol. The quantitative estimate of drug-likeness (QED) is 0.300. The van der Waals surface area contributed by atoms with Crippen LogP contribution in [0.4, 0.5) is 4.79 Å². The van der Waals surface area contributed by atoms with Crippen molar-refractivity contribution in [3.8, 4) is 11.5 Å². The van der Waals surface area contributed by atoms with Gasteiger partial charge in [0.05, 0.1) is 23.0 Å². The molecule has 34 heavy (non-hydrogen) atoms. The maximum Gasteiger partial charge on any atom is 0.343 e. The van der Waals surface area contributed by atoms with Gasteiger partial charge in [-0.3, -0.25) is 14.5 Å². The normalized spacial score (nSPS) is 14.8. The van der Waals surface area contributed by atoms with Gasteiger partial charge in [0.1, 0.15) is 18.1 Å². The van der Waals surface area contributed by atoms with Crippen LogP contribution in [0.3, 0.4) is 0 Å². The van der Waals surface area contributed by atoms with Gasteiger partial charge in [-0.25, -0.2) is 4.79 Å². The number of methoxy groups -OCH3 is 1. The average Bonchev–Trinajstić information content (AvgIpc) is 3.05. The van der Waals surface area contributed by atoms with Crippen LogP contribution in [0.2, 0.25) is 0 Å². The molecule has 1 fully saturated rings. The van der Waals surface area contributed by atoms with Crippen LogP contribution in [0.1, 0.15) is 36.5 Å². The molecule has 0 aromatic heterocycles. The van der Waals surface area contributed by atoms with Gasteiger partial charge in [-0.15, -0.1) is 0 Å². The van der Waals surface area contributed by atoms with Crippen LogP contribution in [0.15, 0.2) is 45.8 Å². The number of benzene rings is 2. The molecule has 180 valence electrons. The van der Waals surface area contributed by atoms with Crippen molar-refractivity contribution in [1.82, 2.24) is 4.90 Å². The third-order valence-electron chi connectivity index (χ3n) is 5.06. The molecule has 1 saturated heterocycles. The van der Waals surface area contributed by atoms with Crippen LogP contribution in [-0.4, -0.2) is 48.9 Å². The number of halogens is 1. The first-order valence-electron chi connectivity index (χ1n) is 10.7. The largest absolute Gasteiger partial charge is 0.491 e. The first-order valence-corrected chi connectivity index (χ1v) is 12.3. The Morgan fingerprint density at radius 1 is 1.12 bits per heavy atom. The van der Waals surface area contributed by atoms with E-state index >= 15 is 0 Å². The smallest absolute Gasteiger partial charge is 0.343 e. The maximum absolute atomic E-state index is 12.8. The number of hydrogen-bond donors (Lipinski definition) is 0. The molecule has 0 atom stereocenters. The Morgan fingerprint density at radius 2 is 1.88 bits per heavy atom. The van der Waals surface area contributed by atoms with Crippen LogP contribution in [0, 0.1) is 6.92 Å². The highest BCUT2D eigenvalue weighted by Gasteiger charge is 2.34. The Hall–Kier alpha value is -2.78. The number of carbonyl (C=O) groups excluding carboxylic acids is 3. The molecule has 0 N–H and O–H groups in total. The van der Waals surface area contributed by atoms with E-state index in [9.17, 15) is 14.4 Å². The monoisotopic (exact) mass is 547 g/mol. The van der Waals surface area contributed by atoms with Crippen molar-refractivity contribution < 1.29 is 28.6 Å². The summed E-state index contributed by atoms with van der Waals surface area (Å²) in [5.41, 5.74) is 2.88. The molecule has 0 aliphatic carbocycles. The van der Waals surface area contributed by atoms with Gasteiger partial charge in [-0.05, 0) is 81.5 Å². The summed E-state index contributed by atoms with van der Waals surface area (Å²) in [6.45, 7) is 6.35. The molecule has 2 aromatic rings. The van der Waals surface area contributed by atoms with Crippen molar-refractivity contribution in [2.24, 2.45) is 0 Å². The number of amides is 2. The second kappa shape index (κ2) is 11.6. The highest BCUT2D eigenvalue weighted by atomic mass is 79.9. The lowest BCUT2D eigenvalue weighted by atomic mass is 10.0. The van der Waals surface area contributed by atoms with Gasteiger partial charge in [-0.2, -0.15) is 0 Å². The summed E-state index contributed by atoms with van der Waals surface area (Å²) in [6.07, 6.45) is 1.65. The van der Waals surface area contributed by atoms with E-state index in [0.29, 0.717) is 26.6 Å². The van der Waals surface area contributed by atoms with Gasteiger partial charge in [0.15, 0.2) is 6.61 Å².